The highest BCUT2D eigenvalue weighted by atomic mass is 16.5. The Morgan fingerprint density at radius 1 is 0.931 bits per heavy atom. The topological polar surface area (TPSA) is 55.8 Å². The van der Waals surface area contributed by atoms with Gasteiger partial charge in [-0.15, -0.1) is 0 Å². The third kappa shape index (κ3) is 6.25. The molecule has 0 saturated heterocycles. The lowest BCUT2D eigenvalue weighted by Gasteiger charge is -2.13. The van der Waals surface area contributed by atoms with Gasteiger partial charge in [0.25, 0.3) is 0 Å². The zero-order valence-corrected chi connectivity index (χ0v) is 16.6. The molecule has 1 N–H and O–H groups in total. The number of hydrogen-bond donors (Lipinski definition) is 1. The average molecular weight is 388 g/mol. The molecule has 0 bridgehead atoms. The summed E-state index contributed by atoms with van der Waals surface area (Å²) >= 11 is 0. The summed E-state index contributed by atoms with van der Waals surface area (Å²) in [5.74, 6) is 0.934. The predicted molar refractivity (Wildman–Crippen MR) is 115 cm³/mol. The van der Waals surface area contributed by atoms with E-state index in [0.717, 1.165) is 11.1 Å². The number of carboxylic acid groups (broad SMARTS) is 1. The first kappa shape index (κ1) is 20.2. The van der Waals surface area contributed by atoms with E-state index in [-0.39, 0.29) is 6.42 Å². The van der Waals surface area contributed by atoms with Gasteiger partial charge in [0.05, 0.1) is 6.42 Å². The molecule has 0 amide bonds. The van der Waals surface area contributed by atoms with Crippen LogP contribution in [0.25, 0.3) is 6.08 Å². The molecular weight excluding hydrogens is 364 g/mol. The second-order valence-corrected chi connectivity index (χ2v) is 6.89. The molecule has 0 spiro atoms. The van der Waals surface area contributed by atoms with Crippen molar-refractivity contribution in [2.24, 2.45) is 0 Å². The van der Waals surface area contributed by atoms with E-state index in [1.165, 1.54) is 5.56 Å². The fourth-order valence-electron chi connectivity index (χ4n) is 2.83. The predicted octanol–water partition coefficient (Wildman–Crippen LogP) is 5.82. The monoisotopic (exact) mass is 388 g/mol. The Hall–Kier alpha value is -3.53. The molecule has 3 aromatic rings. The van der Waals surface area contributed by atoms with Crippen molar-refractivity contribution in [1.82, 2.24) is 0 Å². The van der Waals surface area contributed by atoms with Gasteiger partial charge in [-0.3, -0.25) is 4.79 Å². The van der Waals surface area contributed by atoms with Crippen LogP contribution in [0.4, 0.5) is 0 Å². The number of ether oxygens (including phenoxy) is 2. The zero-order chi connectivity index (χ0) is 20.6. The highest BCUT2D eigenvalue weighted by molar-refractivity contribution is 5.70. The molecular formula is C25H24O4. The lowest BCUT2D eigenvalue weighted by Crippen LogP contribution is -2.00. The Balaban J connectivity index is 1.69. The number of hydrogen-bond acceptors (Lipinski definition) is 3. The van der Waals surface area contributed by atoms with Gasteiger partial charge in [0.1, 0.15) is 12.4 Å². The van der Waals surface area contributed by atoms with Crippen molar-refractivity contribution >= 4 is 12.0 Å². The minimum Gasteiger partial charge on any atom is -0.486 e. The van der Waals surface area contributed by atoms with E-state index in [2.05, 4.69) is 31.2 Å². The van der Waals surface area contributed by atoms with Crippen molar-refractivity contribution in [3.63, 3.8) is 0 Å². The number of rotatable bonds is 8. The molecule has 148 valence electrons. The SMILES string of the molecule is Cc1ccc(/C=C/COc2cc(C)ccc2Oc2cccc(CC(=O)O)c2)cc1. The van der Waals surface area contributed by atoms with E-state index in [9.17, 15) is 4.79 Å². The quantitative estimate of drug-likeness (QED) is 0.529. The maximum atomic E-state index is 10.9. The summed E-state index contributed by atoms with van der Waals surface area (Å²) in [6.45, 7) is 4.46. The van der Waals surface area contributed by atoms with Gasteiger partial charge in [-0.05, 0) is 60.9 Å². The standard InChI is InChI=1S/C25H24O4/c1-18-8-11-20(12-9-18)6-4-14-28-24-15-19(2)10-13-23(24)29-22-7-3-5-21(16-22)17-25(26)27/h3-13,15-16H,14,17H2,1-2H3,(H,26,27)/b6-4+. The fourth-order valence-corrected chi connectivity index (χ4v) is 2.83. The molecule has 0 unspecified atom stereocenters. The smallest absolute Gasteiger partial charge is 0.307 e. The minimum atomic E-state index is -0.873. The van der Waals surface area contributed by atoms with Gasteiger partial charge in [0.2, 0.25) is 0 Å². The van der Waals surface area contributed by atoms with Crippen molar-refractivity contribution in [1.29, 1.82) is 0 Å². The van der Waals surface area contributed by atoms with Gasteiger partial charge in [0, 0.05) is 0 Å². The first-order valence-corrected chi connectivity index (χ1v) is 9.45. The van der Waals surface area contributed by atoms with Gasteiger partial charge in [-0.2, -0.15) is 0 Å². The van der Waals surface area contributed by atoms with Gasteiger partial charge in [-0.1, -0.05) is 54.1 Å². The van der Waals surface area contributed by atoms with Crippen LogP contribution >= 0.6 is 0 Å². The normalized spacial score (nSPS) is 10.8. The van der Waals surface area contributed by atoms with Crippen LogP contribution in [0.15, 0.2) is 72.8 Å². The molecule has 0 aliphatic rings. The van der Waals surface area contributed by atoms with E-state index >= 15 is 0 Å². The molecule has 4 nitrogen and oxygen atoms in total. The van der Waals surface area contributed by atoms with E-state index in [0.29, 0.717) is 29.4 Å². The van der Waals surface area contributed by atoms with Crippen LogP contribution in [0.5, 0.6) is 17.2 Å². The summed E-state index contributed by atoms with van der Waals surface area (Å²) < 4.78 is 11.9. The summed E-state index contributed by atoms with van der Waals surface area (Å²) in [5.41, 5.74) is 4.10. The third-order valence-corrected chi connectivity index (χ3v) is 4.30. The summed E-state index contributed by atoms with van der Waals surface area (Å²) in [6.07, 6.45) is 3.94. The Morgan fingerprint density at radius 3 is 2.45 bits per heavy atom. The first-order chi connectivity index (χ1) is 14.0. The number of aliphatic carboxylic acids is 1. The molecule has 3 aromatic carbocycles. The van der Waals surface area contributed by atoms with E-state index in [1.54, 1.807) is 24.3 Å². The molecule has 0 fully saturated rings. The highest BCUT2D eigenvalue weighted by Crippen LogP contribution is 2.33. The third-order valence-electron chi connectivity index (χ3n) is 4.30. The Labute approximate surface area is 171 Å². The summed E-state index contributed by atoms with van der Waals surface area (Å²) in [4.78, 5) is 10.9. The molecule has 29 heavy (non-hydrogen) atoms. The Kier molecular flexibility index (Phi) is 6.69. The minimum absolute atomic E-state index is 0.0434. The van der Waals surface area contributed by atoms with Gasteiger partial charge >= 0.3 is 5.97 Å². The summed E-state index contributed by atoms with van der Waals surface area (Å²) in [5, 5.41) is 8.97. The highest BCUT2D eigenvalue weighted by Gasteiger charge is 2.08. The molecule has 0 saturated carbocycles. The van der Waals surface area contributed by atoms with E-state index in [1.807, 2.05) is 37.3 Å². The lowest BCUT2D eigenvalue weighted by atomic mass is 10.1. The van der Waals surface area contributed by atoms with E-state index in [4.69, 9.17) is 14.6 Å². The first-order valence-electron chi connectivity index (χ1n) is 9.45. The lowest BCUT2D eigenvalue weighted by molar-refractivity contribution is -0.136. The molecule has 0 aliphatic carbocycles. The molecule has 3 rings (SSSR count). The Morgan fingerprint density at radius 2 is 1.69 bits per heavy atom. The van der Waals surface area contributed by atoms with Gasteiger partial charge in [0.15, 0.2) is 11.5 Å². The van der Waals surface area contributed by atoms with Crippen LogP contribution in [-0.2, 0) is 11.2 Å². The summed E-state index contributed by atoms with van der Waals surface area (Å²) in [7, 11) is 0. The van der Waals surface area contributed by atoms with Gasteiger partial charge in [-0.25, -0.2) is 0 Å². The van der Waals surface area contributed by atoms with Crippen molar-refractivity contribution in [2.45, 2.75) is 20.3 Å². The van der Waals surface area contributed by atoms with E-state index < -0.39 is 5.97 Å². The molecule has 4 heteroatoms. The van der Waals surface area contributed by atoms with Crippen LogP contribution in [0.1, 0.15) is 22.3 Å². The van der Waals surface area contributed by atoms with Crippen LogP contribution in [0.3, 0.4) is 0 Å². The second-order valence-electron chi connectivity index (χ2n) is 6.89. The average Bonchev–Trinajstić information content (AvgIpc) is 2.68. The molecule has 0 aromatic heterocycles. The van der Waals surface area contributed by atoms with Crippen LogP contribution in [-0.4, -0.2) is 17.7 Å². The summed E-state index contributed by atoms with van der Waals surface area (Å²) in [6, 6.07) is 21.1. The number of carbonyl (C=O) groups is 1. The van der Waals surface area contributed by atoms with Crippen LogP contribution < -0.4 is 9.47 Å². The van der Waals surface area contributed by atoms with Crippen molar-refractivity contribution in [3.8, 4) is 17.2 Å². The number of carboxylic acids is 1. The molecule has 0 radical (unpaired) electrons. The largest absolute Gasteiger partial charge is 0.486 e. The molecule has 0 atom stereocenters. The second kappa shape index (κ2) is 9.60. The fraction of sp³-hybridized carbons (Fsp3) is 0.160. The maximum absolute atomic E-state index is 10.9. The Bertz CT molecular complexity index is 1000. The van der Waals surface area contributed by atoms with Crippen molar-refractivity contribution in [3.05, 3.63) is 95.1 Å². The molecule has 0 heterocycles. The maximum Gasteiger partial charge on any atom is 0.307 e. The number of benzene rings is 3. The van der Waals surface area contributed by atoms with Crippen LogP contribution in [0, 0.1) is 13.8 Å². The zero-order valence-electron chi connectivity index (χ0n) is 16.6. The number of aryl methyl sites for hydroxylation is 2. The van der Waals surface area contributed by atoms with Crippen LogP contribution in [0.2, 0.25) is 0 Å². The van der Waals surface area contributed by atoms with Gasteiger partial charge < -0.3 is 14.6 Å². The van der Waals surface area contributed by atoms with Crippen molar-refractivity contribution in [2.75, 3.05) is 6.61 Å². The molecule has 0 aliphatic heterocycles. The van der Waals surface area contributed by atoms with Crippen molar-refractivity contribution < 1.29 is 19.4 Å².